The molecule has 46 heavy (non-hydrogen) atoms. The number of fused-ring (bicyclic) bond motifs is 5. The van der Waals surface area contributed by atoms with Crippen LogP contribution < -0.4 is 21.1 Å². The van der Waals surface area contributed by atoms with Gasteiger partial charge in [-0.05, 0) is 94.0 Å². The number of esters is 1. The molecule has 2 heterocycles. The summed E-state index contributed by atoms with van der Waals surface area (Å²) in [4.78, 5) is 16.6. The van der Waals surface area contributed by atoms with Crippen LogP contribution in [0.3, 0.4) is 0 Å². The van der Waals surface area contributed by atoms with Crippen molar-refractivity contribution in [3.05, 3.63) is 23.3 Å². The molecule has 9 atom stereocenters. The van der Waals surface area contributed by atoms with Gasteiger partial charge in [0.2, 0.25) is 0 Å². The molecule has 0 amide bonds. The number of piperidine rings is 1. The first-order valence-electron chi connectivity index (χ1n) is 17.0. The Morgan fingerprint density at radius 1 is 1.17 bits per heavy atom. The molecule has 1 aromatic carbocycles. The number of nitrogens with zero attached hydrogens (tertiary/aromatic N) is 1. The van der Waals surface area contributed by atoms with Crippen LogP contribution in [-0.2, 0) is 22.6 Å². The van der Waals surface area contributed by atoms with Gasteiger partial charge in [0.05, 0.1) is 24.2 Å². The van der Waals surface area contributed by atoms with Crippen LogP contribution in [0.15, 0.2) is 17.1 Å². The van der Waals surface area contributed by atoms with Crippen LogP contribution >= 0.6 is 0 Å². The predicted molar refractivity (Wildman–Crippen MR) is 174 cm³/mol. The van der Waals surface area contributed by atoms with Gasteiger partial charge in [-0.1, -0.05) is 18.3 Å². The van der Waals surface area contributed by atoms with E-state index < -0.39 is 29.7 Å². The largest absolute Gasteiger partial charge is 0.504 e. The summed E-state index contributed by atoms with van der Waals surface area (Å²) in [6.45, 7) is 1.91. The summed E-state index contributed by atoms with van der Waals surface area (Å²) in [5.74, 6) is 6.82. The third kappa shape index (κ3) is 7.91. The SMILES string of the molecule is CN=C(N)N[C@@H]1CCC[C@@H](O)[C@@]12C#C[C@@H]1CCC[C@@H]3C[C@H](CCN3)Oc3cc(c(CO)cc3O)C[C@H]1[C@@H](OC(C)=O)C[C@@H](O)CC2. The molecule has 254 valence electrons. The maximum absolute atomic E-state index is 12.5. The number of aromatic hydroxyl groups is 1. The first-order valence-corrected chi connectivity index (χ1v) is 17.0. The van der Waals surface area contributed by atoms with Crippen LogP contribution in [0.25, 0.3) is 0 Å². The number of nitrogens with one attached hydrogen (secondary N) is 2. The van der Waals surface area contributed by atoms with Gasteiger partial charge in [0.15, 0.2) is 17.5 Å². The van der Waals surface area contributed by atoms with Crippen LogP contribution in [0, 0.1) is 29.1 Å². The fraction of sp³-hybridized carbons (Fsp3) is 0.714. The number of carbonyl (C=O) groups is 1. The van der Waals surface area contributed by atoms with Gasteiger partial charge in [0.1, 0.15) is 12.2 Å². The Bertz CT molecular complexity index is 1310. The number of phenols is 1. The Hall–Kier alpha value is -3.04. The number of ether oxygens (including phenoxy) is 2. The monoisotopic (exact) mass is 640 g/mol. The van der Waals surface area contributed by atoms with E-state index in [4.69, 9.17) is 15.2 Å². The topological polar surface area (TPSA) is 179 Å². The summed E-state index contributed by atoms with van der Waals surface area (Å²) in [5.41, 5.74) is 6.62. The highest BCUT2D eigenvalue weighted by Gasteiger charge is 2.47. The van der Waals surface area contributed by atoms with Gasteiger partial charge in [-0.3, -0.25) is 9.79 Å². The maximum Gasteiger partial charge on any atom is 0.302 e. The van der Waals surface area contributed by atoms with E-state index in [1.807, 2.05) is 0 Å². The van der Waals surface area contributed by atoms with E-state index in [0.29, 0.717) is 37.0 Å². The molecule has 4 bridgehead atoms. The van der Waals surface area contributed by atoms with E-state index in [-0.39, 0.29) is 54.8 Å². The van der Waals surface area contributed by atoms with E-state index in [1.165, 1.54) is 6.92 Å². The third-order valence-corrected chi connectivity index (χ3v) is 10.7. The minimum Gasteiger partial charge on any atom is -0.504 e. The Balaban J connectivity index is 1.64. The van der Waals surface area contributed by atoms with Crippen LogP contribution in [0.5, 0.6) is 11.5 Å². The number of carbonyl (C=O) groups excluding carboxylic acids is 1. The lowest BCUT2D eigenvalue weighted by atomic mass is 9.64. The van der Waals surface area contributed by atoms with Crippen molar-refractivity contribution in [3.8, 4) is 23.3 Å². The summed E-state index contributed by atoms with van der Waals surface area (Å²) in [7, 11) is 1.62. The zero-order valence-corrected chi connectivity index (χ0v) is 27.2. The minimum atomic E-state index is -0.859. The molecule has 1 spiro atoms. The Kier molecular flexibility index (Phi) is 11.4. The Labute approximate surface area is 272 Å². The molecule has 1 saturated heterocycles. The molecular weight excluding hydrogens is 588 g/mol. The third-order valence-electron chi connectivity index (χ3n) is 10.7. The number of aliphatic hydroxyl groups is 3. The summed E-state index contributed by atoms with van der Waals surface area (Å²) in [5, 5.41) is 51.2. The van der Waals surface area contributed by atoms with Crippen molar-refractivity contribution in [1.82, 2.24) is 10.6 Å². The zero-order chi connectivity index (χ0) is 32.8. The number of aliphatic imine (C=N–C) groups is 1. The van der Waals surface area contributed by atoms with Crippen molar-refractivity contribution in [2.24, 2.45) is 28.0 Å². The molecule has 1 aromatic rings. The van der Waals surface area contributed by atoms with Crippen LogP contribution in [0.2, 0.25) is 0 Å². The molecule has 11 heteroatoms. The van der Waals surface area contributed by atoms with E-state index in [0.717, 1.165) is 57.1 Å². The average Bonchev–Trinajstić information content (AvgIpc) is 3.03. The molecule has 4 aliphatic rings. The summed E-state index contributed by atoms with van der Waals surface area (Å²) in [6, 6.07) is 3.35. The molecule has 2 fully saturated rings. The molecule has 2 aliphatic heterocycles. The maximum atomic E-state index is 12.5. The van der Waals surface area contributed by atoms with Gasteiger partial charge in [0.25, 0.3) is 0 Å². The van der Waals surface area contributed by atoms with Gasteiger partial charge < -0.3 is 46.3 Å². The lowest BCUT2D eigenvalue weighted by Crippen LogP contribution is -2.57. The van der Waals surface area contributed by atoms with Crippen molar-refractivity contribution in [1.29, 1.82) is 0 Å². The number of aliphatic hydroxyl groups excluding tert-OH is 3. The molecule has 0 radical (unpaired) electrons. The molecule has 8 N–H and O–H groups in total. The molecular formula is C35H52N4O7. The predicted octanol–water partition coefficient (Wildman–Crippen LogP) is 2.26. The smallest absolute Gasteiger partial charge is 0.302 e. The fourth-order valence-electron chi connectivity index (χ4n) is 8.15. The van der Waals surface area contributed by atoms with E-state index in [2.05, 4.69) is 27.5 Å². The number of benzene rings is 1. The molecule has 2 aliphatic carbocycles. The lowest BCUT2D eigenvalue weighted by Gasteiger charge is -2.46. The molecule has 11 nitrogen and oxygen atoms in total. The van der Waals surface area contributed by atoms with E-state index in [1.54, 1.807) is 19.2 Å². The summed E-state index contributed by atoms with van der Waals surface area (Å²) in [6.07, 6.45) is 5.46. The summed E-state index contributed by atoms with van der Waals surface area (Å²) >= 11 is 0. The molecule has 1 saturated carbocycles. The number of phenolic OH excluding ortho intramolecular Hbond substituents is 1. The van der Waals surface area contributed by atoms with Crippen molar-refractivity contribution >= 4 is 11.9 Å². The van der Waals surface area contributed by atoms with E-state index in [9.17, 15) is 25.2 Å². The number of hydrogen-bond donors (Lipinski definition) is 7. The highest BCUT2D eigenvalue weighted by Crippen LogP contribution is 2.43. The first kappa shape index (κ1) is 34.3. The minimum absolute atomic E-state index is 0.0198. The van der Waals surface area contributed by atoms with Crippen molar-refractivity contribution in [2.75, 3.05) is 13.6 Å². The van der Waals surface area contributed by atoms with Crippen LogP contribution in [-0.4, -0.2) is 82.4 Å². The number of hydrogen-bond acceptors (Lipinski definition) is 9. The second-order valence-corrected chi connectivity index (χ2v) is 13.7. The van der Waals surface area contributed by atoms with Crippen LogP contribution in [0.1, 0.15) is 88.7 Å². The van der Waals surface area contributed by atoms with Gasteiger partial charge in [-0.25, -0.2) is 0 Å². The van der Waals surface area contributed by atoms with Crippen molar-refractivity contribution in [2.45, 2.75) is 127 Å². The molecule has 5 rings (SSSR count). The fourth-order valence-corrected chi connectivity index (χ4v) is 8.15. The average molecular weight is 641 g/mol. The number of nitrogens with two attached hydrogens (primary N) is 1. The molecule has 0 aromatic heterocycles. The highest BCUT2D eigenvalue weighted by atomic mass is 16.5. The number of rotatable bonds is 3. The second-order valence-electron chi connectivity index (χ2n) is 13.7. The summed E-state index contributed by atoms with van der Waals surface area (Å²) < 4.78 is 12.3. The standard InChI is InChI=1S/C35H52N4O7/c1-21(41)45-30-19-26(42)10-13-35(32(39-34(36)37-2)7-4-8-33(35)44)12-9-22-5-3-6-25-18-27(11-14-38-25)46-31-17-23(15-28(22)30)24(20-40)16-29(31)43/h16-17,22,25-28,30,32-33,38,40,42-44H,3-8,10-11,13-15,18-20H2,1-2H3,(H3,36,37,39)/t22-,25+,26-,27-,28+,30-,32+,33+,35+/m0/s1. The number of guanidine groups is 1. The van der Waals surface area contributed by atoms with Gasteiger partial charge >= 0.3 is 5.97 Å². The highest BCUT2D eigenvalue weighted by molar-refractivity contribution is 5.78. The van der Waals surface area contributed by atoms with Crippen molar-refractivity contribution in [3.63, 3.8) is 0 Å². The molecule has 0 unspecified atom stereocenters. The first-order chi connectivity index (χ1) is 22.1. The second kappa shape index (κ2) is 15.2. The van der Waals surface area contributed by atoms with Gasteiger partial charge in [-0.15, -0.1) is 0 Å². The Morgan fingerprint density at radius 3 is 2.74 bits per heavy atom. The quantitative estimate of drug-likeness (QED) is 0.112. The van der Waals surface area contributed by atoms with Crippen LogP contribution in [0.4, 0.5) is 0 Å². The van der Waals surface area contributed by atoms with E-state index >= 15 is 0 Å². The normalized spacial score (nSPS) is 35.5. The van der Waals surface area contributed by atoms with Gasteiger partial charge in [0, 0.05) is 44.3 Å². The van der Waals surface area contributed by atoms with Gasteiger partial charge in [-0.2, -0.15) is 0 Å². The van der Waals surface area contributed by atoms with Crippen molar-refractivity contribution < 1.29 is 34.7 Å². The lowest BCUT2D eigenvalue weighted by molar-refractivity contribution is -0.152. The Morgan fingerprint density at radius 2 is 1.98 bits per heavy atom. The zero-order valence-electron chi connectivity index (χ0n) is 27.2.